The molecule has 3 atom stereocenters. The van der Waals surface area contributed by atoms with E-state index in [1.807, 2.05) is 37.3 Å². The monoisotopic (exact) mass is 975 g/mol. The summed E-state index contributed by atoms with van der Waals surface area (Å²) >= 11 is -2.07. The van der Waals surface area contributed by atoms with Gasteiger partial charge in [-0.25, -0.2) is 23.9 Å². The van der Waals surface area contributed by atoms with E-state index in [0.717, 1.165) is 62.8 Å². The van der Waals surface area contributed by atoms with Crippen LogP contribution in [0, 0.1) is 31.2 Å². The molecule has 6 rings (SSSR count). The fraction of sp³-hybridized carbons (Fsp3) is 0.444. The Morgan fingerprint density at radius 2 is 1.44 bits per heavy atom. The number of esters is 1. The van der Waals surface area contributed by atoms with E-state index < -0.39 is 29.4 Å². The average molecular weight is 976 g/mol. The van der Waals surface area contributed by atoms with E-state index in [1.165, 1.54) is 22.3 Å². The highest BCUT2D eigenvalue weighted by molar-refractivity contribution is 7.82. The molecule has 374 valence electrons. The summed E-state index contributed by atoms with van der Waals surface area (Å²) in [5.74, 6) is 1.68. The maximum Gasteiger partial charge on any atom is 0.416 e. The van der Waals surface area contributed by atoms with Crippen molar-refractivity contribution in [2.75, 3.05) is 36.3 Å². The van der Waals surface area contributed by atoms with Gasteiger partial charge in [-0.05, 0) is 117 Å². The number of anilines is 3. The topological polar surface area (TPSA) is 162 Å². The predicted octanol–water partition coefficient (Wildman–Crippen LogP) is 13.3. The second-order valence-corrected chi connectivity index (χ2v) is 19.0. The Balaban J connectivity index is 1.38. The van der Waals surface area contributed by atoms with Gasteiger partial charge in [0.15, 0.2) is 11.5 Å². The van der Waals surface area contributed by atoms with E-state index in [2.05, 4.69) is 67.8 Å². The Hall–Kier alpha value is -6.73. The van der Waals surface area contributed by atoms with Crippen molar-refractivity contribution < 1.29 is 36.9 Å². The van der Waals surface area contributed by atoms with Crippen LogP contribution in [0.2, 0.25) is 0 Å². The molecule has 0 saturated heterocycles. The lowest BCUT2D eigenvalue weighted by atomic mass is 9.75. The molecule has 0 aliphatic heterocycles. The minimum atomic E-state index is -2.07. The molecule has 1 fully saturated rings. The van der Waals surface area contributed by atoms with Crippen LogP contribution in [0.5, 0.6) is 23.1 Å². The number of nitrogens with zero attached hydrogens (tertiary/aromatic N) is 4. The van der Waals surface area contributed by atoms with Crippen LogP contribution in [0.1, 0.15) is 115 Å². The van der Waals surface area contributed by atoms with Gasteiger partial charge in [0.25, 0.3) is 5.69 Å². The SMILES string of the molecule is [C-]#[N+]c1c(C(=O)OC2C(C)CC(C)CC2C)c2nc(-c3cc(Nc4ccc(OCCCCCC)cc4)c(C)c(NS(=O)Oc4ccc(OCCCCCC)cc4)c3)[nH]n2c1OC(=O)N(CC=C)CC=C. The molecular weight excluding hydrogens is 907 g/mol. The number of fused-ring (bicyclic) bond motifs is 1. The predicted molar refractivity (Wildman–Crippen MR) is 278 cm³/mol. The minimum absolute atomic E-state index is 0.0208. The first-order valence-electron chi connectivity index (χ1n) is 24.5. The number of hydrogen-bond acceptors (Lipinski definition) is 10. The van der Waals surface area contributed by atoms with E-state index >= 15 is 0 Å². The number of hydrogen-bond donors (Lipinski definition) is 3. The number of carbonyl (C=O) groups is 2. The van der Waals surface area contributed by atoms with Gasteiger partial charge in [0.2, 0.25) is 5.88 Å². The molecule has 2 aromatic heterocycles. The summed E-state index contributed by atoms with van der Waals surface area (Å²) in [6.07, 6.45) is 12.5. The number of aromatic amines is 1. The van der Waals surface area contributed by atoms with Crippen LogP contribution in [0.15, 0.2) is 86.0 Å². The molecular formula is C54H69N7O8S. The largest absolute Gasteiger partial charge is 0.494 e. The van der Waals surface area contributed by atoms with Gasteiger partial charge in [-0.15, -0.1) is 13.2 Å². The first-order valence-corrected chi connectivity index (χ1v) is 25.6. The summed E-state index contributed by atoms with van der Waals surface area (Å²) in [6.45, 7) is 29.8. The van der Waals surface area contributed by atoms with Gasteiger partial charge in [0.1, 0.15) is 28.9 Å². The second-order valence-electron chi connectivity index (χ2n) is 18.2. The molecule has 1 aliphatic carbocycles. The molecule has 16 heteroatoms. The van der Waals surface area contributed by atoms with Crippen LogP contribution in [0.3, 0.4) is 0 Å². The molecule has 1 amide bonds. The van der Waals surface area contributed by atoms with Gasteiger partial charge in [-0.1, -0.05) is 85.3 Å². The summed E-state index contributed by atoms with van der Waals surface area (Å²) in [4.78, 5) is 38.1. The van der Waals surface area contributed by atoms with Crippen molar-refractivity contribution in [3.05, 3.63) is 109 Å². The number of ether oxygens (including phenoxy) is 4. The Labute approximate surface area is 415 Å². The van der Waals surface area contributed by atoms with Crippen molar-refractivity contribution in [1.82, 2.24) is 19.5 Å². The van der Waals surface area contributed by atoms with Gasteiger partial charge in [0.05, 0.1) is 25.5 Å². The number of nitrogens with one attached hydrogen (secondary N) is 3. The summed E-state index contributed by atoms with van der Waals surface area (Å²) < 4.78 is 48.0. The number of amides is 1. The third-order valence-electron chi connectivity index (χ3n) is 12.4. The second kappa shape index (κ2) is 25.8. The first-order chi connectivity index (χ1) is 33.9. The van der Waals surface area contributed by atoms with Crippen LogP contribution in [0.25, 0.3) is 21.9 Å². The van der Waals surface area contributed by atoms with Gasteiger partial charge >= 0.3 is 23.3 Å². The maximum absolute atomic E-state index is 14.4. The fourth-order valence-electron chi connectivity index (χ4n) is 8.88. The van der Waals surface area contributed by atoms with Crippen LogP contribution in [0.4, 0.5) is 27.5 Å². The summed E-state index contributed by atoms with van der Waals surface area (Å²) in [6, 6.07) is 18.2. The number of benzene rings is 3. The van der Waals surface area contributed by atoms with Gasteiger partial charge < -0.3 is 33.3 Å². The lowest BCUT2D eigenvalue weighted by molar-refractivity contribution is -0.0249. The molecule has 0 spiro atoms. The molecule has 0 bridgehead atoms. The Kier molecular flexibility index (Phi) is 19.4. The third-order valence-corrected chi connectivity index (χ3v) is 13.2. The van der Waals surface area contributed by atoms with Crippen LogP contribution in [-0.2, 0) is 16.0 Å². The normalized spacial score (nSPS) is 16.9. The summed E-state index contributed by atoms with van der Waals surface area (Å²) in [5, 5.41) is 6.69. The van der Waals surface area contributed by atoms with E-state index in [0.29, 0.717) is 53.1 Å². The van der Waals surface area contributed by atoms with Crippen molar-refractivity contribution in [1.29, 1.82) is 0 Å². The van der Waals surface area contributed by atoms with Crippen molar-refractivity contribution in [3.8, 4) is 34.5 Å². The van der Waals surface area contributed by atoms with E-state index in [-0.39, 0.29) is 53.5 Å². The molecule has 3 N–H and O–H groups in total. The maximum atomic E-state index is 14.4. The molecule has 3 aromatic carbocycles. The van der Waals surface area contributed by atoms with Crippen LogP contribution < -0.4 is 28.4 Å². The van der Waals surface area contributed by atoms with Gasteiger partial charge in [-0.2, -0.15) is 4.21 Å². The molecule has 5 aromatic rings. The van der Waals surface area contributed by atoms with Gasteiger partial charge in [0, 0.05) is 30.0 Å². The average Bonchev–Trinajstić information content (AvgIpc) is 3.89. The molecule has 2 heterocycles. The van der Waals surface area contributed by atoms with E-state index in [1.54, 1.807) is 42.5 Å². The zero-order chi connectivity index (χ0) is 50.2. The lowest BCUT2D eigenvalue weighted by Crippen LogP contribution is -2.37. The lowest BCUT2D eigenvalue weighted by Gasteiger charge is -2.37. The molecule has 1 saturated carbocycles. The minimum Gasteiger partial charge on any atom is -0.494 e. The molecule has 15 nitrogen and oxygen atoms in total. The fourth-order valence-corrected chi connectivity index (χ4v) is 9.60. The van der Waals surface area contributed by atoms with Gasteiger partial charge in [-0.3, -0.25) is 9.82 Å². The zero-order valence-corrected chi connectivity index (χ0v) is 42.3. The van der Waals surface area contributed by atoms with E-state index in [4.69, 9.17) is 34.7 Å². The molecule has 1 aliphatic rings. The quantitative estimate of drug-likeness (QED) is 0.0210. The summed E-state index contributed by atoms with van der Waals surface area (Å²) in [7, 11) is 0. The zero-order valence-electron chi connectivity index (χ0n) is 41.5. The number of aromatic nitrogens is 3. The Morgan fingerprint density at radius 1 is 0.871 bits per heavy atom. The highest BCUT2D eigenvalue weighted by Gasteiger charge is 2.38. The smallest absolute Gasteiger partial charge is 0.416 e. The molecule has 0 radical (unpaired) electrons. The summed E-state index contributed by atoms with van der Waals surface area (Å²) in [5.41, 5.74) is 2.64. The number of rotatable bonds is 26. The van der Waals surface area contributed by atoms with Crippen LogP contribution in [-0.4, -0.2) is 68.2 Å². The van der Waals surface area contributed by atoms with Crippen molar-refractivity contribution in [2.24, 2.45) is 17.8 Å². The van der Waals surface area contributed by atoms with E-state index in [9.17, 15) is 13.8 Å². The number of unbranched alkanes of at least 4 members (excludes halogenated alkanes) is 6. The van der Waals surface area contributed by atoms with Crippen LogP contribution >= 0.6 is 0 Å². The first kappa shape index (κ1) is 52.6. The Morgan fingerprint density at radius 3 is 2.01 bits per heavy atom. The molecule has 3 unspecified atom stereocenters. The van der Waals surface area contributed by atoms with Crippen molar-refractivity contribution in [3.63, 3.8) is 0 Å². The number of H-pyrrole nitrogens is 1. The standard InChI is InChI=1S/C54H69N7O8S/c1-10-14-16-18-30-65-42-22-20-41(21-23-42)56-45-34-40(35-46(39(45)8)59-70(64)69-44-26-24-43(25-27-44)66-31-19-17-15-11-2)50-57-51-47(53(62)67-49-37(6)32-36(5)33-38(49)7)48(55-9)52(61(51)58-50)68-54(63)60(28-12-3)29-13-4/h12-13,20-27,34-38,49,56,59H,3-4,10-11,14-19,28-33H2,1-2,5-8H3,(H,57,58). The molecule has 70 heavy (non-hydrogen) atoms. The highest BCUT2D eigenvalue weighted by atomic mass is 32.2. The van der Waals surface area contributed by atoms with Crippen molar-refractivity contribution in [2.45, 2.75) is 112 Å². The Bertz CT molecular complexity index is 2600. The number of carbonyl (C=O) groups excluding carboxylic acids is 2. The van der Waals surface area contributed by atoms with Crippen molar-refractivity contribution >= 4 is 51.7 Å². The highest BCUT2D eigenvalue weighted by Crippen LogP contribution is 2.42. The third kappa shape index (κ3) is 13.7.